The van der Waals surface area contributed by atoms with Crippen molar-refractivity contribution in [1.29, 1.82) is 0 Å². The first-order valence-electron chi connectivity index (χ1n) is 6.44. The van der Waals surface area contributed by atoms with Crippen molar-refractivity contribution in [3.63, 3.8) is 0 Å². The maximum Gasteiger partial charge on any atom is 0.282 e. The lowest BCUT2D eigenvalue weighted by molar-refractivity contribution is -0.136. The quantitative estimate of drug-likeness (QED) is 0.685. The van der Waals surface area contributed by atoms with Crippen molar-refractivity contribution < 1.29 is 8.78 Å². The summed E-state index contributed by atoms with van der Waals surface area (Å²) >= 11 is 0. The van der Waals surface area contributed by atoms with E-state index in [1.54, 1.807) is 24.3 Å². The minimum absolute atomic E-state index is 0.0996. The van der Waals surface area contributed by atoms with Gasteiger partial charge in [-0.1, -0.05) is 55.5 Å². The van der Waals surface area contributed by atoms with E-state index in [1.165, 1.54) is 0 Å². The summed E-state index contributed by atoms with van der Waals surface area (Å²) in [6.45, 7) is 1.86. The van der Waals surface area contributed by atoms with Crippen molar-refractivity contribution in [2.45, 2.75) is 25.7 Å². The van der Waals surface area contributed by atoms with Gasteiger partial charge in [0.2, 0.25) is 0 Å². The van der Waals surface area contributed by atoms with E-state index in [9.17, 15) is 8.78 Å². The van der Waals surface area contributed by atoms with Crippen LogP contribution in [-0.4, -0.2) is 0 Å². The largest absolute Gasteiger partial charge is 0.282 e. The number of hydrogen-bond donors (Lipinski definition) is 0. The van der Waals surface area contributed by atoms with Crippen molar-refractivity contribution in [2.75, 3.05) is 0 Å². The summed E-state index contributed by atoms with van der Waals surface area (Å²) in [6, 6.07) is 6.96. The molecule has 0 nitrogen and oxygen atoms in total. The van der Waals surface area contributed by atoms with Crippen LogP contribution in [0.25, 0.3) is 0 Å². The van der Waals surface area contributed by atoms with Gasteiger partial charge in [0.15, 0.2) is 0 Å². The molecular formula is C16H16F2. The maximum absolute atomic E-state index is 14.9. The topological polar surface area (TPSA) is 0 Å². The van der Waals surface area contributed by atoms with Crippen LogP contribution in [0.15, 0.2) is 48.6 Å². The molecule has 0 N–H and O–H groups in total. The number of fused-ring (bicyclic) bond motifs is 2. The number of hydrogen-bond acceptors (Lipinski definition) is 0. The molecule has 1 aromatic carbocycles. The molecule has 0 heterocycles. The molecule has 0 amide bonds. The summed E-state index contributed by atoms with van der Waals surface area (Å²) in [6.07, 6.45) is 8.48. The first kappa shape index (κ1) is 11.6. The predicted molar refractivity (Wildman–Crippen MR) is 68.5 cm³/mol. The summed E-state index contributed by atoms with van der Waals surface area (Å²) in [7, 11) is 0. The Morgan fingerprint density at radius 2 is 2.00 bits per heavy atom. The van der Waals surface area contributed by atoms with Gasteiger partial charge >= 0.3 is 0 Å². The number of allylic oxidation sites excluding steroid dienone is 4. The first-order chi connectivity index (χ1) is 8.62. The number of benzene rings is 1. The minimum Gasteiger partial charge on any atom is -0.200 e. The zero-order valence-corrected chi connectivity index (χ0v) is 10.4. The van der Waals surface area contributed by atoms with Gasteiger partial charge in [-0.2, -0.15) is 0 Å². The number of alkyl halides is 2. The lowest BCUT2D eigenvalue weighted by Crippen LogP contribution is -2.48. The van der Waals surface area contributed by atoms with E-state index >= 15 is 0 Å². The Hall–Kier alpha value is -1.44. The molecular weight excluding hydrogens is 230 g/mol. The SMILES string of the molecule is CCC12C=CC=CC1Cc1ccccc1C2(F)F. The molecule has 94 valence electrons. The lowest BCUT2D eigenvalue weighted by atomic mass is 9.59. The van der Waals surface area contributed by atoms with Gasteiger partial charge in [0.1, 0.15) is 0 Å². The van der Waals surface area contributed by atoms with Crippen LogP contribution in [-0.2, 0) is 12.3 Å². The third-order valence-corrected chi connectivity index (χ3v) is 4.47. The Morgan fingerprint density at radius 1 is 1.22 bits per heavy atom. The zero-order chi connectivity index (χ0) is 12.8. The molecule has 0 fully saturated rings. The fourth-order valence-corrected chi connectivity index (χ4v) is 3.40. The molecule has 0 saturated heterocycles. The molecule has 2 unspecified atom stereocenters. The van der Waals surface area contributed by atoms with Crippen molar-refractivity contribution in [1.82, 2.24) is 0 Å². The molecule has 18 heavy (non-hydrogen) atoms. The van der Waals surface area contributed by atoms with Gasteiger partial charge in [-0.25, -0.2) is 8.78 Å². The molecule has 1 aromatic rings. The van der Waals surface area contributed by atoms with Crippen molar-refractivity contribution in [2.24, 2.45) is 11.3 Å². The zero-order valence-electron chi connectivity index (χ0n) is 10.4. The van der Waals surface area contributed by atoms with Gasteiger partial charge < -0.3 is 0 Å². The summed E-state index contributed by atoms with van der Waals surface area (Å²) < 4.78 is 29.8. The van der Waals surface area contributed by atoms with E-state index in [1.807, 2.05) is 31.2 Å². The van der Waals surface area contributed by atoms with E-state index in [4.69, 9.17) is 0 Å². The van der Waals surface area contributed by atoms with Gasteiger partial charge in [-0.05, 0) is 24.3 Å². The second-order valence-corrected chi connectivity index (χ2v) is 5.18. The molecule has 3 rings (SSSR count). The Labute approximate surface area is 106 Å². The first-order valence-corrected chi connectivity index (χ1v) is 6.44. The average Bonchev–Trinajstić information content (AvgIpc) is 2.39. The van der Waals surface area contributed by atoms with Gasteiger partial charge in [0.25, 0.3) is 5.92 Å². The third-order valence-electron chi connectivity index (χ3n) is 4.47. The smallest absolute Gasteiger partial charge is 0.200 e. The van der Waals surface area contributed by atoms with E-state index in [0.717, 1.165) is 5.56 Å². The van der Waals surface area contributed by atoms with Gasteiger partial charge in [-0.3, -0.25) is 0 Å². The number of rotatable bonds is 1. The second-order valence-electron chi connectivity index (χ2n) is 5.18. The molecule has 2 aliphatic carbocycles. The lowest BCUT2D eigenvalue weighted by Gasteiger charge is -2.48. The molecule has 2 aliphatic rings. The molecule has 0 saturated carbocycles. The molecule has 2 heteroatoms. The van der Waals surface area contributed by atoms with E-state index in [0.29, 0.717) is 12.8 Å². The van der Waals surface area contributed by atoms with Crippen molar-refractivity contribution in [3.05, 3.63) is 59.7 Å². The predicted octanol–water partition coefficient (Wildman–Crippen LogP) is 4.47. The van der Waals surface area contributed by atoms with Crippen molar-refractivity contribution >= 4 is 0 Å². The van der Waals surface area contributed by atoms with Crippen LogP contribution in [0.5, 0.6) is 0 Å². The highest BCUT2D eigenvalue weighted by molar-refractivity contribution is 5.41. The summed E-state index contributed by atoms with van der Waals surface area (Å²) in [5, 5.41) is 0. The van der Waals surface area contributed by atoms with Crippen molar-refractivity contribution in [3.8, 4) is 0 Å². The van der Waals surface area contributed by atoms with E-state index in [-0.39, 0.29) is 11.5 Å². The van der Waals surface area contributed by atoms with Crippen LogP contribution >= 0.6 is 0 Å². The monoisotopic (exact) mass is 246 g/mol. The maximum atomic E-state index is 14.9. The molecule has 0 aromatic heterocycles. The van der Waals surface area contributed by atoms with Gasteiger partial charge in [-0.15, -0.1) is 0 Å². The molecule has 0 spiro atoms. The summed E-state index contributed by atoms with van der Waals surface area (Å²) in [5.41, 5.74) is -0.0459. The molecule has 0 bridgehead atoms. The Kier molecular flexibility index (Phi) is 2.44. The van der Waals surface area contributed by atoms with E-state index < -0.39 is 11.3 Å². The second kappa shape index (κ2) is 3.78. The highest BCUT2D eigenvalue weighted by Crippen LogP contribution is 2.59. The van der Waals surface area contributed by atoms with Crippen LogP contribution in [0.2, 0.25) is 0 Å². The van der Waals surface area contributed by atoms with Crippen LogP contribution in [0.4, 0.5) is 8.78 Å². The third kappa shape index (κ3) is 1.29. The van der Waals surface area contributed by atoms with Gasteiger partial charge in [0, 0.05) is 5.56 Å². The summed E-state index contributed by atoms with van der Waals surface area (Å²) in [5.74, 6) is -2.89. The van der Waals surface area contributed by atoms with Crippen LogP contribution < -0.4 is 0 Å². The fraction of sp³-hybridized carbons (Fsp3) is 0.375. The Morgan fingerprint density at radius 3 is 2.78 bits per heavy atom. The molecule has 0 aliphatic heterocycles. The Bertz CT molecular complexity index is 528. The van der Waals surface area contributed by atoms with Crippen LogP contribution in [0, 0.1) is 11.3 Å². The van der Waals surface area contributed by atoms with E-state index in [2.05, 4.69) is 0 Å². The average molecular weight is 246 g/mol. The summed E-state index contributed by atoms with van der Waals surface area (Å²) in [4.78, 5) is 0. The van der Waals surface area contributed by atoms with Crippen LogP contribution in [0.1, 0.15) is 24.5 Å². The normalized spacial score (nSPS) is 31.8. The fourth-order valence-electron chi connectivity index (χ4n) is 3.40. The number of halogens is 2. The molecule has 0 radical (unpaired) electrons. The standard InChI is InChI=1S/C16H16F2/c1-2-15-10-6-5-8-13(15)11-12-7-3-4-9-14(12)16(15,17)18/h3-10,13H,2,11H2,1H3. The van der Waals surface area contributed by atoms with Crippen LogP contribution in [0.3, 0.4) is 0 Å². The molecule has 2 atom stereocenters. The highest BCUT2D eigenvalue weighted by atomic mass is 19.3. The van der Waals surface area contributed by atoms with Gasteiger partial charge in [0.05, 0.1) is 5.41 Å². The highest BCUT2D eigenvalue weighted by Gasteiger charge is 2.59. The minimum atomic E-state index is -2.79. The Balaban J connectivity index is 2.23.